The number of hydrogen-bond acceptors (Lipinski definition) is 4. The maximum absolute atomic E-state index is 6.51. The van der Waals surface area contributed by atoms with Gasteiger partial charge >= 0.3 is 0 Å². The number of benzene rings is 6. The molecular weight excluding hydrogens is 799 g/mol. The largest absolute Gasteiger partial charge is 0.496 e. The summed E-state index contributed by atoms with van der Waals surface area (Å²) in [5.41, 5.74) is 6.04. The fraction of sp³-hybridized carbons (Fsp3) is 0.357. The molecule has 0 aromatic heterocycles. The van der Waals surface area contributed by atoms with Gasteiger partial charge in [0.15, 0.2) is 0 Å². The average Bonchev–Trinajstić information content (AvgIpc) is 3.22. The van der Waals surface area contributed by atoms with Crippen LogP contribution in [0, 0.1) is 0 Å². The van der Waals surface area contributed by atoms with Gasteiger partial charge in [0.1, 0.15) is 23.0 Å². The van der Waals surface area contributed by atoms with E-state index in [2.05, 4.69) is 204 Å². The zero-order valence-corrected chi connectivity index (χ0v) is 41.9. The molecule has 0 unspecified atom stereocenters. The summed E-state index contributed by atoms with van der Waals surface area (Å²) in [7, 11) is 4.89. The smallest absolute Gasteiger partial charge is 0.127 e. The lowest BCUT2D eigenvalue weighted by molar-refractivity contribution is 0.381. The highest BCUT2D eigenvalue weighted by atomic mass is 31.1. The first-order chi connectivity index (χ1) is 29.1. The third-order valence-corrected chi connectivity index (χ3v) is 16.4. The Balaban J connectivity index is 1.86. The maximum atomic E-state index is 6.51. The van der Waals surface area contributed by atoms with Crippen molar-refractivity contribution in [3.05, 3.63) is 144 Å². The van der Waals surface area contributed by atoms with E-state index in [1.807, 2.05) is 14.2 Å². The molecule has 326 valence electrons. The normalized spacial score (nSPS) is 12.5. The predicted molar refractivity (Wildman–Crippen MR) is 270 cm³/mol. The van der Waals surface area contributed by atoms with Gasteiger partial charge in [0.25, 0.3) is 0 Å². The molecule has 0 saturated carbocycles. The lowest BCUT2D eigenvalue weighted by atomic mass is 9.79. The molecular formula is C56H68O4P2. The molecule has 0 radical (unpaired) electrons. The molecule has 6 aromatic carbocycles. The van der Waals surface area contributed by atoms with Gasteiger partial charge in [-0.1, -0.05) is 168 Å². The highest BCUT2D eigenvalue weighted by Gasteiger charge is 2.36. The lowest BCUT2D eigenvalue weighted by Crippen LogP contribution is -2.30. The molecule has 0 aliphatic rings. The van der Waals surface area contributed by atoms with Crippen LogP contribution in [0.5, 0.6) is 23.0 Å². The Hall–Kier alpha value is -4.62. The van der Waals surface area contributed by atoms with Gasteiger partial charge in [-0.2, -0.15) is 0 Å². The maximum Gasteiger partial charge on any atom is 0.127 e. The average molecular weight is 867 g/mol. The Kier molecular flexibility index (Phi) is 13.8. The van der Waals surface area contributed by atoms with Crippen LogP contribution < -0.4 is 50.8 Å². The molecule has 0 aliphatic heterocycles. The van der Waals surface area contributed by atoms with E-state index in [-0.39, 0.29) is 21.7 Å². The highest BCUT2D eigenvalue weighted by molar-refractivity contribution is 7.80. The van der Waals surface area contributed by atoms with Gasteiger partial charge in [-0.15, -0.1) is 0 Å². The van der Waals surface area contributed by atoms with Gasteiger partial charge in [-0.25, -0.2) is 0 Å². The number of hydrogen-bond donors (Lipinski definition) is 0. The van der Waals surface area contributed by atoms with Crippen LogP contribution in [0.15, 0.2) is 121 Å². The molecule has 6 aromatic rings. The summed E-state index contributed by atoms with van der Waals surface area (Å²) in [4.78, 5) is 0. The quantitative estimate of drug-likeness (QED) is 0.122. The Labute approximate surface area is 375 Å². The van der Waals surface area contributed by atoms with E-state index in [1.54, 1.807) is 14.2 Å². The summed E-state index contributed by atoms with van der Waals surface area (Å²) in [5.74, 6) is 3.53. The van der Waals surface area contributed by atoms with Crippen molar-refractivity contribution in [2.45, 2.75) is 105 Å². The minimum Gasteiger partial charge on any atom is -0.496 e. The van der Waals surface area contributed by atoms with Crippen LogP contribution in [0.25, 0.3) is 11.1 Å². The second kappa shape index (κ2) is 18.2. The van der Waals surface area contributed by atoms with E-state index >= 15 is 0 Å². The summed E-state index contributed by atoms with van der Waals surface area (Å²) in [6, 6.07) is 44.7. The summed E-state index contributed by atoms with van der Waals surface area (Å²) >= 11 is 0. The Morgan fingerprint density at radius 2 is 0.613 bits per heavy atom. The molecule has 6 rings (SSSR count). The SMILES string of the molecule is COc1cccc(P(c2ccccc2)c2ccccc2)c1-c1c(OC)cccc1P(c1cc(C(C)(C)C)c(OC)c(C(C)(C)C)c1)c1cc(C(C)(C)C)c(OC)c(C(C)(C)C)c1. The summed E-state index contributed by atoms with van der Waals surface area (Å²) in [6.07, 6.45) is 0. The third-order valence-electron chi connectivity index (χ3n) is 11.5. The lowest BCUT2D eigenvalue weighted by Gasteiger charge is -2.34. The molecule has 62 heavy (non-hydrogen) atoms. The van der Waals surface area contributed by atoms with Gasteiger partial charge in [0.2, 0.25) is 0 Å². The molecule has 0 heterocycles. The first kappa shape index (κ1) is 46.9. The number of rotatable bonds is 11. The zero-order valence-electron chi connectivity index (χ0n) is 40.1. The molecule has 0 aliphatic carbocycles. The standard InChI is InChI=1S/C56H68O4P2/c1-53(2,3)41-33-39(34-42(51(41)59-15)54(4,5)6)62(40-35-43(55(7,8)9)52(60-16)44(36-40)56(10,11)12)48-32-24-30-46(58-14)50(48)49-45(57-13)29-23-31-47(49)61(37-25-19-17-20-26-37)38-27-21-18-22-28-38/h17-36H,1-16H3. The van der Waals surface area contributed by atoms with Crippen LogP contribution in [0.2, 0.25) is 0 Å². The summed E-state index contributed by atoms with van der Waals surface area (Å²) in [6.45, 7) is 27.5. The minimum atomic E-state index is -1.30. The van der Waals surface area contributed by atoms with Crippen molar-refractivity contribution < 1.29 is 18.9 Å². The van der Waals surface area contributed by atoms with Crippen LogP contribution in [0.1, 0.15) is 105 Å². The molecule has 0 saturated heterocycles. The Bertz CT molecular complexity index is 2300. The van der Waals surface area contributed by atoms with E-state index in [9.17, 15) is 0 Å². The van der Waals surface area contributed by atoms with Crippen molar-refractivity contribution in [3.8, 4) is 34.1 Å². The minimum absolute atomic E-state index is 0.205. The van der Waals surface area contributed by atoms with E-state index in [0.717, 1.165) is 34.1 Å². The molecule has 0 amide bonds. The fourth-order valence-electron chi connectivity index (χ4n) is 8.42. The van der Waals surface area contributed by atoms with Crippen LogP contribution in [-0.4, -0.2) is 28.4 Å². The van der Waals surface area contributed by atoms with Gasteiger partial charge < -0.3 is 18.9 Å². The van der Waals surface area contributed by atoms with Crippen LogP contribution >= 0.6 is 15.8 Å². The van der Waals surface area contributed by atoms with Gasteiger partial charge in [-0.05, 0) is 106 Å². The van der Waals surface area contributed by atoms with Gasteiger partial charge in [0, 0.05) is 33.4 Å². The van der Waals surface area contributed by atoms with Crippen LogP contribution in [0.4, 0.5) is 0 Å². The first-order valence-electron chi connectivity index (χ1n) is 21.7. The van der Waals surface area contributed by atoms with Crippen molar-refractivity contribution in [1.82, 2.24) is 0 Å². The van der Waals surface area contributed by atoms with E-state index < -0.39 is 15.8 Å². The topological polar surface area (TPSA) is 36.9 Å². The first-order valence-corrected chi connectivity index (χ1v) is 24.3. The van der Waals surface area contributed by atoms with E-state index in [4.69, 9.17) is 18.9 Å². The van der Waals surface area contributed by atoms with Gasteiger partial charge in [-0.3, -0.25) is 0 Å². The molecule has 0 bridgehead atoms. The second-order valence-corrected chi connectivity index (χ2v) is 24.6. The monoisotopic (exact) mass is 866 g/mol. The van der Waals surface area contributed by atoms with E-state index in [0.29, 0.717) is 0 Å². The third kappa shape index (κ3) is 9.49. The number of methoxy groups -OCH3 is 4. The molecule has 0 fully saturated rings. The molecule has 0 spiro atoms. The van der Waals surface area contributed by atoms with Crippen LogP contribution in [0.3, 0.4) is 0 Å². The Morgan fingerprint density at radius 1 is 0.323 bits per heavy atom. The highest BCUT2D eigenvalue weighted by Crippen LogP contribution is 2.50. The summed E-state index contributed by atoms with van der Waals surface area (Å²) < 4.78 is 25.7. The van der Waals surface area contributed by atoms with Crippen LogP contribution in [-0.2, 0) is 21.7 Å². The van der Waals surface area contributed by atoms with Crippen molar-refractivity contribution in [1.29, 1.82) is 0 Å². The Morgan fingerprint density at radius 3 is 0.871 bits per heavy atom. The summed E-state index contributed by atoms with van der Waals surface area (Å²) in [5, 5.41) is 7.43. The van der Waals surface area contributed by atoms with E-state index in [1.165, 1.54) is 54.1 Å². The second-order valence-electron chi connectivity index (χ2n) is 20.2. The molecule has 4 nitrogen and oxygen atoms in total. The van der Waals surface area contributed by atoms with Gasteiger partial charge in [0.05, 0.1) is 28.4 Å². The molecule has 0 N–H and O–H groups in total. The van der Waals surface area contributed by atoms with Crippen molar-refractivity contribution in [2.24, 2.45) is 0 Å². The molecule has 6 heteroatoms. The predicted octanol–water partition coefficient (Wildman–Crippen LogP) is 12.1. The fourth-order valence-corrected chi connectivity index (χ4v) is 13.5. The van der Waals surface area contributed by atoms with Crippen molar-refractivity contribution >= 4 is 47.7 Å². The number of ether oxygens (including phenoxy) is 4. The van der Waals surface area contributed by atoms with Crippen molar-refractivity contribution in [2.75, 3.05) is 28.4 Å². The zero-order chi connectivity index (χ0) is 45.4. The molecule has 0 atom stereocenters. The van der Waals surface area contributed by atoms with Crippen molar-refractivity contribution in [3.63, 3.8) is 0 Å².